The quantitative estimate of drug-likeness (QED) is 0.835. The van der Waals surface area contributed by atoms with Gasteiger partial charge in [-0.3, -0.25) is 4.98 Å². The van der Waals surface area contributed by atoms with E-state index >= 15 is 0 Å². The second-order valence-corrected chi connectivity index (χ2v) is 3.76. The van der Waals surface area contributed by atoms with Crippen molar-refractivity contribution in [1.82, 2.24) is 4.98 Å². The first-order chi connectivity index (χ1) is 8.74. The molecule has 18 heavy (non-hydrogen) atoms. The summed E-state index contributed by atoms with van der Waals surface area (Å²) >= 11 is 0. The van der Waals surface area contributed by atoms with Crippen molar-refractivity contribution in [3.8, 4) is 22.9 Å². The van der Waals surface area contributed by atoms with Crippen LogP contribution in [-0.4, -0.2) is 11.6 Å². The lowest BCUT2D eigenvalue weighted by Crippen LogP contribution is -1.94. The van der Waals surface area contributed by atoms with E-state index < -0.39 is 0 Å². The van der Waals surface area contributed by atoms with E-state index in [0.717, 1.165) is 11.1 Å². The summed E-state index contributed by atoms with van der Waals surface area (Å²) in [5.41, 5.74) is 8.42. The second-order valence-electron chi connectivity index (χ2n) is 3.76. The highest BCUT2D eigenvalue weighted by molar-refractivity contribution is 5.73. The Morgan fingerprint density at radius 3 is 2.89 bits per heavy atom. The molecule has 4 heteroatoms. The number of anilines is 1. The predicted octanol–water partition coefficient (Wildman–Crippen LogP) is 2.60. The van der Waals surface area contributed by atoms with E-state index in [1.165, 1.54) is 0 Å². The Morgan fingerprint density at radius 2 is 2.17 bits per heavy atom. The summed E-state index contributed by atoms with van der Waals surface area (Å²) in [6, 6.07) is 9.24. The highest BCUT2D eigenvalue weighted by Gasteiger charge is 2.07. The van der Waals surface area contributed by atoms with E-state index in [1.54, 1.807) is 24.5 Å². The number of rotatable bonds is 3. The molecule has 2 N–H and O–H groups in total. The van der Waals surface area contributed by atoms with E-state index in [0.29, 0.717) is 23.6 Å². The van der Waals surface area contributed by atoms with Crippen LogP contribution in [0.3, 0.4) is 0 Å². The van der Waals surface area contributed by atoms with Crippen LogP contribution in [0.1, 0.15) is 12.5 Å². The smallest absolute Gasteiger partial charge is 0.138 e. The summed E-state index contributed by atoms with van der Waals surface area (Å²) in [7, 11) is 0. The van der Waals surface area contributed by atoms with Crippen LogP contribution < -0.4 is 10.5 Å². The minimum Gasteiger partial charge on any atom is -0.492 e. The molecule has 1 heterocycles. The lowest BCUT2D eigenvalue weighted by molar-refractivity contribution is 0.339. The third-order valence-corrected chi connectivity index (χ3v) is 2.50. The first kappa shape index (κ1) is 11.9. The van der Waals surface area contributed by atoms with Gasteiger partial charge in [-0.25, -0.2) is 0 Å². The molecule has 4 nitrogen and oxygen atoms in total. The maximum Gasteiger partial charge on any atom is 0.138 e. The Kier molecular flexibility index (Phi) is 3.44. The monoisotopic (exact) mass is 239 g/mol. The van der Waals surface area contributed by atoms with Gasteiger partial charge in [0.1, 0.15) is 5.75 Å². The van der Waals surface area contributed by atoms with Gasteiger partial charge >= 0.3 is 0 Å². The number of nitriles is 1. The number of hydrogen-bond acceptors (Lipinski definition) is 4. The molecule has 90 valence electrons. The van der Waals surface area contributed by atoms with E-state index in [1.807, 2.05) is 19.1 Å². The number of nitrogens with two attached hydrogens (primary N) is 1. The molecule has 2 aromatic rings. The number of pyridine rings is 1. The Morgan fingerprint density at radius 1 is 1.33 bits per heavy atom. The molecule has 0 unspecified atom stereocenters. The molecule has 0 bridgehead atoms. The van der Waals surface area contributed by atoms with E-state index in [-0.39, 0.29) is 0 Å². The van der Waals surface area contributed by atoms with Gasteiger partial charge in [0.05, 0.1) is 24.4 Å². The van der Waals surface area contributed by atoms with Crippen molar-refractivity contribution in [2.45, 2.75) is 6.92 Å². The van der Waals surface area contributed by atoms with Crippen LogP contribution in [0.15, 0.2) is 36.7 Å². The summed E-state index contributed by atoms with van der Waals surface area (Å²) in [6.45, 7) is 2.49. The number of aromatic nitrogens is 1. The zero-order valence-electron chi connectivity index (χ0n) is 10.1. The van der Waals surface area contributed by atoms with Crippen molar-refractivity contribution < 1.29 is 4.74 Å². The SMILES string of the molecule is CCOc1cncc(-c2ccc(N)cc2C#N)c1. The fourth-order valence-corrected chi connectivity index (χ4v) is 1.72. The second kappa shape index (κ2) is 5.19. The van der Waals surface area contributed by atoms with Crippen LogP contribution >= 0.6 is 0 Å². The highest BCUT2D eigenvalue weighted by atomic mass is 16.5. The number of benzene rings is 1. The topological polar surface area (TPSA) is 71.9 Å². The largest absolute Gasteiger partial charge is 0.492 e. The number of ether oxygens (including phenoxy) is 1. The van der Waals surface area contributed by atoms with Gasteiger partial charge in [0.15, 0.2) is 0 Å². The Balaban J connectivity index is 2.48. The maximum absolute atomic E-state index is 9.12. The molecule has 0 radical (unpaired) electrons. The summed E-state index contributed by atoms with van der Waals surface area (Å²) in [6.07, 6.45) is 3.35. The van der Waals surface area contributed by atoms with Gasteiger partial charge in [-0.1, -0.05) is 6.07 Å². The van der Waals surface area contributed by atoms with Crippen molar-refractivity contribution in [1.29, 1.82) is 5.26 Å². The van der Waals surface area contributed by atoms with E-state index in [2.05, 4.69) is 11.1 Å². The molecular weight excluding hydrogens is 226 g/mol. The Hall–Kier alpha value is -2.54. The van der Waals surface area contributed by atoms with Crippen LogP contribution in [-0.2, 0) is 0 Å². The van der Waals surface area contributed by atoms with Crippen molar-refractivity contribution in [2.75, 3.05) is 12.3 Å². The van der Waals surface area contributed by atoms with Gasteiger partial charge in [-0.05, 0) is 25.1 Å². The fourth-order valence-electron chi connectivity index (χ4n) is 1.72. The first-order valence-corrected chi connectivity index (χ1v) is 5.62. The standard InChI is InChI=1S/C14H13N3O/c1-2-18-13-6-11(8-17-9-13)14-4-3-12(16)5-10(14)7-15/h3-6,8-9H,2,16H2,1H3. The molecule has 1 aromatic heterocycles. The molecule has 0 saturated heterocycles. The molecule has 0 atom stereocenters. The zero-order valence-corrected chi connectivity index (χ0v) is 10.1. The molecule has 0 saturated carbocycles. The molecule has 1 aromatic carbocycles. The number of nitrogens with zero attached hydrogens (tertiary/aromatic N) is 2. The van der Waals surface area contributed by atoms with Crippen LogP contribution in [0.2, 0.25) is 0 Å². The summed E-state index contributed by atoms with van der Waals surface area (Å²) < 4.78 is 5.40. The van der Waals surface area contributed by atoms with Gasteiger partial charge in [0, 0.05) is 23.0 Å². The third-order valence-electron chi connectivity index (χ3n) is 2.50. The molecular formula is C14H13N3O. The van der Waals surface area contributed by atoms with Gasteiger partial charge < -0.3 is 10.5 Å². The lowest BCUT2D eigenvalue weighted by atomic mass is 10.0. The fraction of sp³-hybridized carbons (Fsp3) is 0.143. The molecule has 2 rings (SSSR count). The first-order valence-electron chi connectivity index (χ1n) is 5.62. The van der Waals surface area contributed by atoms with Crippen LogP contribution in [0.5, 0.6) is 5.75 Å². The van der Waals surface area contributed by atoms with E-state index in [9.17, 15) is 0 Å². The van der Waals surface area contributed by atoms with Gasteiger partial charge in [-0.2, -0.15) is 5.26 Å². The Bertz CT molecular complexity index is 602. The summed E-state index contributed by atoms with van der Waals surface area (Å²) in [5.74, 6) is 0.690. The normalized spacial score (nSPS) is 9.78. The molecule has 0 spiro atoms. The molecule has 0 aliphatic rings. The van der Waals surface area contributed by atoms with E-state index in [4.69, 9.17) is 15.7 Å². The van der Waals surface area contributed by atoms with Crippen molar-refractivity contribution >= 4 is 5.69 Å². The van der Waals surface area contributed by atoms with Crippen LogP contribution in [0.4, 0.5) is 5.69 Å². The third kappa shape index (κ3) is 2.41. The molecule has 0 amide bonds. The maximum atomic E-state index is 9.12. The summed E-state index contributed by atoms with van der Waals surface area (Å²) in [4.78, 5) is 4.11. The van der Waals surface area contributed by atoms with Crippen LogP contribution in [0, 0.1) is 11.3 Å². The van der Waals surface area contributed by atoms with Gasteiger partial charge in [0.25, 0.3) is 0 Å². The van der Waals surface area contributed by atoms with Gasteiger partial charge in [0.2, 0.25) is 0 Å². The minimum absolute atomic E-state index is 0.533. The summed E-state index contributed by atoms with van der Waals surface area (Å²) in [5, 5.41) is 9.12. The molecule has 0 fully saturated rings. The van der Waals surface area contributed by atoms with Crippen LogP contribution in [0.25, 0.3) is 11.1 Å². The predicted molar refractivity (Wildman–Crippen MR) is 70.0 cm³/mol. The van der Waals surface area contributed by atoms with Gasteiger partial charge in [-0.15, -0.1) is 0 Å². The zero-order chi connectivity index (χ0) is 13.0. The highest BCUT2D eigenvalue weighted by Crippen LogP contribution is 2.27. The van der Waals surface area contributed by atoms with Crippen molar-refractivity contribution in [3.63, 3.8) is 0 Å². The molecule has 0 aliphatic carbocycles. The van der Waals surface area contributed by atoms with Crippen molar-refractivity contribution in [3.05, 3.63) is 42.2 Å². The van der Waals surface area contributed by atoms with Crippen molar-refractivity contribution in [2.24, 2.45) is 0 Å². The number of hydrogen-bond donors (Lipinski definition) is 1. The Labute approximate surface area is 106 Å². The minimum atomic E-state index is 0.533. The molecule has 0 aliphatic heterocycles. The average Bonchev–Trinajstić information content (AvgIpc) is 2.39. The number of nitrogen functional groups attached to an aromatic ring is 1. The lowest BCUT2D eigenvalue weighted by Gasteiger charge is -2.07. The average molecular weight is 239 g/mol.